The first-order valence-corrected chi connectivity index (χ1v) is 11.8. The number of nitriles is 1. The third-order valence-electron chi connectivity index (χ3n) is 5.05. The molecule has 0 aliphatic carbocycles. The monoisotopic (exact) mass is 498 g/mol. The minimum absolute atomic E-state index is 0.0277. The number of hydrogen-bond donors (Lipinski definition) is 0. The van der Waals surface area contributed by atoms with Gasteiger partial charge >= 0.3 is 0 Å². The summed E-state index contributed by atoms with van der Waals surface area (Å²) in [6.45, 7) is 1.99. The maximum atomic E-state index is 12.8. The highest BCUT2D eigenvalue weighted by Gasteiger charge is 2.20. The number of carbonyl (C=O) groups excluding carboxylic acids is 1. The van der Waals surface area contributed by atoms with Crippen molar-refractivity contribution in [2.75, 3.05) is 5.75 Å². The van der Waals surface area contributed by atoms with Crippen LogP contribution in [0.5, 0.6) is 0 Å². The largest absolute Gasteiger partial charge is 0.293 e. The predicted octanol–water partition coefficient (Wildman–Crippen LogP) is 7.33. The molecule has 0 N–H and O–H groups in total. The molecule has 156 valence electrons. The molecule has 32 heavy (non-hydrogen) atoms. The van der Waals surface area contributed by atoms with E-state index in [1.807, 2.05) is 85.8 Å². The normalized spacial score (nSPS) is 10.5. The molecule has 0 unspecified atom stereocenters. The first-order chi connectivity index (χ1) is 15.6. The van der Waals surface area contributed by atoms with E-state index in [0.29, 0.717) is 11.1 Å². The molecule has 0 fully saturated rings. The summed E-state index contributed by atoms with van der Waals surface area (Å²) in [4.78, 5) is 18.3. The van der Waals surface area contributed by atoms with Crippen LogP contribution in [0.1, 0.15) is 21.5 Å². The molecule has 1 heterocycles. The van der Waals surface area contributed by atoms with Gasteiger partial charge in [-0.05, 0) is 24.6 Å². The van der Waals surface area contributed by atoms with Gasteiger partial charge in [0, 0.05) is 32.3 Å². The van der Waals surface area contributed by atoms with E-state index in [4.69, 9.17) is 0 Å². The molecule has 0 bridgehead atoms. The van der Waals surface area contributed by atoms with Gasteiger partial charge < -0.3 is 0 Å². The Hall–Kier alpha value is -3.20. The van der Waals surface area contributed by atoms with E-state index in [0.717, 1.165) is 37.3 Å². The Morgan fingerprint density at radius 2 is 1.66 bits per heavy atom. The quantitative estimate of drug-likeness (QED) is 0.206. The highest BCUT2D eigenvalue weighted by molar-refractivity contribution is 9.10. The van der Waals surface area contributed by atoms with Crippen molar-refractivity contribution in [3.8, 4) is 28.5 Å². The smallest absolute Gasteiger partial charge is 0.173 e. The molecule has 0 atom stereocenters. The average molecular weight is 499 g/mol. The molecule has 3 aromatic carbocycles. The first-order valence-electron chi connectivity index (χ1n) is 10.0. The van der Waals surface area contributed by atoms with Crippen LogP contribution in [0.4, 0.5) is 0 Å². The van der Waals surface area contributed by atoms with Gasteiger partial charge in [-0.2, -0.15) is 5.26 Å². The number of rotatable bonds is 6. The van der Waals surface area contributed by atoms with Crippen molar-refractivity contribution in [3.63, 3.8) is 0 Å². The van der Waals surface area contributed by atoms with E-state index in [-0.39, 0.29) is 11.5 Å². The van der Waals surface area contributed by atoms with E-state index in [1.54, 1.807) is 6.20 Å². The lowest BCUT2D eigenvalue weighted by Crippen LogP contribution is -2.04. The minimum atomic E-state index is 0.0277. The summed E-state index contributed by atoms with van der Waals surface area (Å²) in [5.41, 5.74) is 5.81. The van der Waals surface area contributed by atoms with Crippen LogP contribution in [-0.4, -0.2) is 16.5 Å². The number of aryl methyl sites for hydroxylation is 1. The van der Waals surface area contributed by atoms with Gasteiger partial charge in [-0.15, -0.1) is 11.8 Å². The van der Waals surface area contributed by atoms with Gasteiger partial charge in [0.15, 0.2) is 5.78 Å². The topological polar surface area (TPSA) is 53.8 Å². The molecule has 5 heteroatoms. The number of aromatic nitrogens is 1. The van der Waals surface area contributed by atoms with Gasteiger partial charge in [0.25, 0.3) is 0 Å². The third-order valence-corrected chi connectivity index (χ3v) is 6.70. The average Bonchev–Trinajstić information content (AvgIpc) is 2.83. The summed E-state index contributed by atoms with van der Waals surface area (Å²) in [5.74, 6) is 0.265. The van der Waals surface area contributed by atoms with Crippen LogP contribution in [0.3, 0.4) is 0 Å². The number of Topliss-reactive ketones (excluding diaryl/α,β-unsaturated/α-hetero) is 1. The predicted molar refractivity (Wildman–Crippen MR) is 134 cm³/mol. The Kier molecular flexibility index (Phi) is 6.84. The van der Waals surface area contributed by atoms with Crippen molar-refractivity contribution in [1.82, 2.24) is 4.98 Å². The summed E-state index contributed by atoms with van der Waals surface area (Å²) in [5, 5.41) is 9.81. The number of hydrogen-bond acceptors (Lipinski definition) is 4. The van der Waals surface area contributed by atoms with Gasteiger partial charge in [-0.25, -0.2) is 0 Å². The Balaban J connectivity index is 1.80. The van der Waals surface area contributed by atoms with E-state index in [1.165, 1.54) is 11.8 Å². The second-order valence-electron chi connectivity index (χ2n) is 7.29. The number of carbonyl (C=O) groups is 1. The molecule has 0 aliphatic rings. The molecule has 3 nitrogen and oxygen atoms in total. The van der Waals surface area contributed by atoms with E-state index < -0.39 is 0 Å². The van der Waals surface area contributed by atoms with Crippen LogP contribution in [0.25, 0.3) is 22.4 Å². The van der Waals surface area contributed by atoms with Crippen LogP contribution in [-0.2, 0) is 0 Å². The number of benzene rings is 3. The maximum absolute atomic E-state index is 12.8. The van der Waals surface area contributed by atoms with Gasteiger partial charge in [0.05, 0.1) is 17.0 Å². The van der Waals surface area contributed by atoms with E-state index in [9.17, 15) is 10.1 Å². The van der Waals surface area contributed by atoms with Crippen molar-refractivity contribution in [2.45, 2.75) is 11.8 Å². The summed E-state index contributed by atoms with van der Waals surface area (Å²) in [6.07, 6.45) is 1.60. The molecule has 0 saturated heterocycles. The van der Waals surface area contributed by atoms with Gasteiger partial charge in [-0.3, -0.25) is 9.78 Å². The van der Waals surface area contributed by atoms with Crippen molar-refractivity contribution in [2.24, 2.45) is 0 Å². The molecular formula is C27H19BrN2OS. The zero-order chi connectivity index (χ0) is 22.5. The van der Waals surface area contributed by atoms with Crippen LogP contribution in [0.15, 0.2) is 94.4 Å². The molecule has 0 radical (unpaired) electrons. The highest BCUT2D eigenvalue weighted by atomic mass is 79.9. The molecular weight excluding hydrogens is 480 g/mol. The van der Waals surface area contributed by atoms with Crippen LogP contribution < -0.4 is 0 Å². The van der Waals surface area contributed by atoms with Crippen LogP contribution in [0, 0.1) is 18.3 Å². The maximum Gasteiger partial charge on any atom is 0.173 e. The molecule has 0 saturated carbocycles. The molecule has 0 amide bonds. The Bertz CT molecular complexity index is 1290. The first kappa shape index (κ1) is 22.0. The van der Waals surface area contributed by atoms with Crippen molar-refractivity contribution < 1.29 is 4.79 Å². The standard InChI is InChI=1S/C27H19BrN2OS/c1-18-7-9-19(10-8-18)24(31)17-32-27-22(15-29)16-30-26(21-11-13-23(28)14-12-21)25(27)20-5-3-2-4-6-20/h2-14,16H,17H2,1H3. The zero-order valence-electron chi connectivity index (χ0n) is 17.4. The second-order valence-corrected chi connectivity index (χ2v) is 9.19. The summed E-state index contributed by atoms with van der Waals surface area (Å²) < 4.78 is 0.981. The fourth-order valence-corrected chi connectivity index (χ4v) is 4.70. The Labute approximate surface area is 200 Å². The van der Waals surface area contributed by atoms with E-state index in [2.05, 4.69) is 27.0 Å². The van der Waals surface area contributed by atoms with Crippen LogP contribution >= 0.6 is 27.7 Å². The van der Waals surface area contributed by atoms with Crippen LogP contribution in [0.2, 0.25) is 0 Å². The van der Waals surface area contributed by atoms with Crippen molar-refractivity contribution in [1.29, 1.82) is 5.26 Å². The Morgan fingerprint density at radius 3 is 2.31 bits per heavy atom. The fraction of sp³-hybridized carbons (Fsp3) is 0.0741. The molecule has 0 spiro atoms. The second kappa shape index (κ2) is 9.95. The summed E-state index contributed by atoms with van der Waals surface area (Å²) >= 11 is 4.87. The lowest BCUT2D eigenvalue weighted by Gasteiger charge is -2.16. The van der Waals surface area contributed by atoms with Gasteiger partial charge in [0.1, 0.15) is 6.07 Å². The third kappa shape index (κ3) is 4.83. The SMILES string of the molecule is Cc1ccc(C(=O)CSc2c(C#N)cnc(-c3ccc(Br)cc3)c2-c2ccccc2)cc1. The number of ketones is 1. The summed E-state index contributed by atoms with van der Waals surface area (Å²) in [7, 11) is 0. The lowest BCUT2D eigenvalue weighted by atomic mass is 9.98. The lowest BCUT2D eigenvalue weighted by molar-refractivity contribution is 0.102. The molecule has 1 aromatic heterocycles. The molecule has 4 aromatic rings. The van der Waals surface area contributed by atoms with Crippen molar-refractivity contribution >= 4 is 33.5 Å². The van der Waals surface area contributed by atoms with Gasteiger partial charge in [-0.1, -0.05) is 88.2 Å². The molecule has 4 rings (SSSR count). The van der Waals surface area contributed by atoms with E-state index >= 15 is 0 Å². The summed E-state index contributed by atoms with van der Waals surface area (Å²) in [6, 6.07) is 27.7. The highest BCUT2D eigenvalue weighted by Crippen LogP contribution is 2.40. The minimum Gasteiger partial charge on any atom is -0.293 e. The number of halogens is 1. The fourth-order valence-electron chi connectivity index (χ4n) is 3.38. The number of thioether (sulfide) groups is 1. The molecule has 0 aliphatic heterocycles. The number of nitrogens with zero attached hydrogens (tertiary/aromatic N) is 2. The van der Waals surface area contributed by atoms with Gasteiger partial charge in [0.2, 0.25) is 0 Å². The Morgan fingerprint density at radius 1 is 0.969 bits per heavy atom. The zero-order valence-corrected chi connectivity index (χ0v) is 19.8. The van der Waals surface area contributed by atoms with Crippen molar-refractivity contribution in [3.05, 3.63) is 106 Å². The number of pyridine rings is 1.